The zero-order valence-electron chi connectivity index (χ0n) is 12.7. The normalized spacial score (nSPS) is 10.3. The Labute approximate surface area is 132 Å². The lowest BCUT2D eigenvalue weighted by Gasteiger charge is -2.11. The number of methoxy groups -OCH3 is 1. The van der Waals surface area contributed by atoms with Gasteiger partial charge in [-0.1, -0.05) is 11.2 Å². The van der Waals surface area contributed by atoms with E-state index in [2.05, 4.69) is 25.8 Å². The first-order valence-electron chi connectivity index (χ1n) is 6.87. The van der Waals surface area contributed by atoms with Crippen molar-refractivity contribution in [2.45, 2.75) is 6.92 Å². The van der Waals surface area contributed by atoms with Gasteiger partial charge in [0.15, 0.2) is 17.5 Å². The van der Waals surface area contributed by atoms with Crippen molar-refractivity contribution >= 4 is 28.8 Å². The van der Waals surface area contributed by atoms with E-state index in [4.69, 9.17) is 15.0 Å². The summed E-state index contributed by atoms with van der Waals surface area (Å²) in [5, 5.41) is 9.98. The summed E-state index contributed by atoms with van der Waals surface area (Å²) in [6.07, 6.45) is 1.41. The minimum absolute atomic E-state index is 0.371. The van der Waals surface area contributed by atoms with Gasteiger partial charge in [-0.2, -0.15) is 0 Å². The summed E-state index contributed by atoms with van der Waals surface area (Å²) in [5.41, 5.74) is 7.29. The number of aryl methyl sites for hydroxylation is 1. The highest BCUT2D eigenvalue weighted by molar-refractivity contribution is 5.79. The van der Waals surface area contributed by atoms with Crippen LogP contribution in [0.1, 0.15) is 5.76 Å². The van der Waals surface area contributed by atoms with Crippen molar-refractivity contribution in [2.24, 2.45) is 0 Å². The molecule has 1 aromatic carbocycles. The van der Waals surface area contributed by atoms with Crippen LogP contribution in [-0.2, 0) is 0 Å². The third-order valence-electron chi connectivity index (χ3n) is 3.09. The largest absolute Gasteiger partial charge is 0.497 e. The number of hydrogen-bond acceptors (Lipinski definition) is 8. The zero-order valence-corrected chi connectivity index (χ0v) is 12.7. The van der Waals surface area contributed by atoms with E-state index >= 15 is 0 Å². The van der Waals surface area contributed by atoms with Crippen molar-refractivity contribution in [1.82, 2.24) is 15.1 Å². The summed E-state index contributed by atoms with van der Waals surface area (Å²) < 4.78 is 10.2. The second-order valence-electron chi connectivity index (χ2n) is 4.79. The maximum atomic E-state index is 6.12. The Morgan fingerprint density at radius 2 is 1.91 bits per heavy atom. The van der Waals surface area contributed by atoms with Crippen molar-refractivity contribution in [3.8, 4) is 5.75 Å². The van der Waals surface area contributed by atoms with Gasteiger partial charge in [0.1, 0.15) is 23.5 Å². The van der Waals surface area contributed by atoms with Gasteiger partial charge in [0.05, 0.1) is 7.11 Å². The Morgan fingerprint density at radius 3 is 2.61 bits per heavy atom. The third kappa shape index (κ3) is 3.31. The van der Waals surface area contributed by atoms with E-state index in [9.17, 15) is 0 Å². The van der Waals surface area contributed by atoms with Crippen LogP contribution in [0.3, 0.4) is 0 Å². The minimum Gasteiger partial charge on any atom is -0.497 e. The summed E-state index contributed by atoms with van der Waals surface area (Å²) in [6.45, 7) is 1.80. The molecule has 2 heterocycles. The minimum atomic E-state index is 0.371. The maximum absolute atomic E-state index is 6.12. The quantitative estimate of drug-likeness (QED) is 0.659. The molecule has 3 rings (SSSR count). The number of rotatable bonds is 5. The smallest absolute Gasteiger partial charge is 0.175 e. The van der Waals surface area contributed by atoms with Gasteiger partial charge in [-0.15, -0.1) is 0 Å². The first-order valence-corrected chi connectivity index (χ1v) is 6.87. The molecule has 0 saturated heterocycles. The number of nitrogens with zero attached hydrogens (tertiary/aromatic N) is 3. The average molecular weight is 312 g/mol. The van der Waals surface area contributed by atoms with Gasteiger partial charge in [-0.3, -0.25) is 0 Å². The molecule has 0 aliphatic rings. The standard InChI is InChI=1S/C15H16N6O2/c1-9-6-12(21-23-9)20-15-13(16)14(17-8-18-15)19-10-4-3-5-11(7-10)22-2/h3-8H,16H2,1-2H3,(H2,17,18,19,20,21). The Morgan fingerprint density at radius 1 is 1.13 bits per heavy atom. The maximum Gasteiger partial charge on any atom is 0.175 e. The number of nitrogens with two attached hydrogens (primary N) is 1. The second-order valence-corrected chi connectivity index (χ2v) is 4.79. The van der Waals surface area contributed by atoms with Gasteiger partial charge < -0.3 is 25.6 Å². The topological polar surface area (TPSA) is 111 Å². The number of ether oxygens (including phenoxy) is 1. The average Bonchev–Trinajstić information content (AvgIpc) is 2.96. The first kappa shape index (κ1) is 14.6. The molecule has 0 unspecified atom stereocenters. The highest BCUT2D eigenvalue weighted by atomic mass is 16.5. The van der Waals surface area contributed by atoms with E-state index in [0.717, 1.165) is 11.4 Å². The molecule has 0 bridgehead atoms. The zero-order chi connectivity index (χ0) is 16.2. The van der Waals surface area contributed by atoms with Crippen LogP contribution in [0.4, 0.5) is 28.8 Å². The van der Waals surface area contributed by atoms with Crippen LogP contribution in [0.2, 0.25) is 0 Å². The molecule has 2 aromatic heterocycles. The molecule has 0 amide bonds. The Balaban J connectivity index is 1.84. The summed E-state index contributed by atoms with van der Waals surface area (Å²) in [6, 6.07) is 9.20. The highest BCUT2D eigenvalue weighted by Crippen LogP contribution is 2.28. The van der Waals surface area contributed by atoms with Gasteiger partial charge in [-0.05, 0) is 19.1 Å². The van der Waals surface area contributed by atoms with E-state index in [-0.39, 0.29) is 0 Å². The van der Waals surface area contributed by atoms with Crippen molar-refractivity contribution in [2.75, 3.05) is 23.5 Å². The highest BCUT2D eigenvalue weighted by Gasteiger charge is 2.10. The predicted molar refractivity (Wildman–Crippen MR) is 87.2 cm³/mol. The molecule has 23 heavy (non-hydrogen) atoms. The van der Waals surface area contributed by atoms with E-state index in [0.29, 0.717) is 28.9 Å². The van der Waals surface area contributed by atoms with Gasteiger partial charge in [-0.25, -0.2) is 9.97 Å². The van der Waals surface area contributed by atoms with Crippen LogP contribution < -0.4 is 21.1 Å². The van der Waals surface area contributed by atoms with E-state index in [1.54, 1.807) is 20.1 Å². The summed E-state index contributed by atoms with van der Waals surface area (Å²) in [5.74, 6) is 2.88. The van der Waals surface area contributed by atoms with Crippen LogP contribution in [-0.4, -0.2) is 22.2 Å². The molecule has 0 radical (unpaired) electrons. The lowest BCUT2D eigenvalue weighted by Crippen LogP contribution is -2.05. The molecular formula is C15H16N6O2. The number of aromatic nitrogens is 3. The fourth-order valence-electron chi connectivity index (χ4n) is 1.98. The summed E-state index contributed by atoms with van der Waals surface area (Å²) in [7, 11) is 1.61. The van der Waals surface area contributed by atoms with Crippen LogP contribution in [0, 0.1) is 6.92 Å². The van der Waals surface area contributed by atoms with Gasteiger partial charge in [0.2, 0.25) is 0 Å². The van der Waals surface area contributed by atoms with Crippen LogP contribution >= 0.6 is 0 Å². The molecule has 4 N–H and O–H groups in total. The Hall–Kier alpha value is -3.29. The molecule has 0 aliphatic heterocycles. The van der Waals surface area contributed by atoms with Gasteiger partial charge >= 0.3 is 0 Å². The molecular weight excluding hydrogens is 296 g/mol. The lowest BCUT2D eigenvalue weighted by atomic mass is 10.3. The monoisotopic (exact) mass is 312 g/mol. The number of nitrogen functional groups attached to an aromatic ring is 1. The van der Waals surface area contributed by atoms with Crippen LogP contribution in [0.5, 0.6) is 5.75 Å². The molecule has 8 nitrogen and oxygen atoms in total. The number of anilines is 5. The summed E-state index contributed by atoms with van der Waals surface area (Å²) in [4.78, 5) is 8.29. The molecule has 0 aliphatic carbocycles. The second kappa shape index (κ2) is 6.22. The number of nitrogens with one attached hydrogen (secondary N) is 2. The Bertz CT molecular complexity index is 817. The predicted octanol–water partition coefficient (Wildman–Crippen LogP) is 2.85. The van der Waals surface area contributed by atoms with Crippen molar-refractivity contribution in [3.05, 3.63) is 42.4 Å². The van der Waals surface area contributed by atoms with E-state index in [1.165, 1.54) is 6.33 Å². The number of hydrogen-bond donors (Lipinski definition) is 3. The van der Waals surface area contributed by atoms with Crippen molar-refractivity contribution < 1.29 is 9.26 Å². The van der Waals surface area contributed by atoms with E-state index in [1.807, 2.05) is 24.3 Å². The molecule has 118 valence electrons. The lowest BCUT2D eigenvalue weighted by molar-refractivity contribution is 0.400. The number of benzene rings is 1. The molecule has 0 spiro atoms. The molecule has 3 aromatic rings. The molecule has 8 heteroatoms. The fourth-order valence-corrected chi connectivity index (χ4v) is 1.98. The fraction of sp³-hybridized carbons (Fsp3) is 0.133. The van der Waals surface area contributed by atoms with E-state index < -0.39 is 0 Å². The summed E-state index contributed by atoms with van der Waals surface area (Å²) >= 11 is 0. The third-order valence-corrected chi connectivity index (χ3v) is 3.09. The molecule has 0 atom stereocenters. The van der Waals surface area contributed by atoms with Gasteiger partial charge in [0.25, 0.3) is 0 Å². The van der Waals surface area contributed by atoms with Crippen molar-refractivity contribution in [3.63, 3.8) is 0 Å². The Kier molecular flexibility index (Phi) is 3.96. The molecule has 0 saturated carbocycles. The van der Waals surface area contributed by atoms with Crippen LogP contribution in [0.15, 0.2) is 41.2 Å². The SMILES string of the molecule is COc1cccc(Nc2ncnc(Nc3cc(C)on3)c2N)c1. The van der Waals surface area contributed by atoms with Crippen molar-refractivity contribution in [1.29, 1.82) is 0 Å². The van der Waals surface area contributed by atoms with Crippen LogP contribution in [0.25, 0.3) is 0 Å². The molecule has 0 fully saturated rings. The first-order chi connectivity index (χ1) is 11.2. The van der Waals surface area contributed by atoms with Gasteiger partial charge in [0, 0.05) is 17.8 Å².